The van der Waals surface area contributed by atoms with Crippen LogP contribution in [0.15, 0.2) is 29.2 Å². The second-order valence-corrected chi connectivity index (χ2v) is 8.84. The molecule has 0 aliphatic carbocycles. The fraction of sp³-hybridized carbons (Fsp3) is 0.588. The molecule has 1 aromatic rings. The third-order valence-electron chi connectivity index (χ3n) is 3.75. The van der Waals surface area contributed by atoms with Crippen LogP contribution in [0.5, 0.6) is 0 Å². The lowest BCUT2D eigenvalue weighted by Gasteiger charge is -2.29. The molecule has 1 aliphatic heterocycles. The number of halogens is 1. The zero-order valence-corrected chi connectivity index (χ0v) is 17.2. The molecule has 26 heavy (non-hydrogen) atoms. The van der Waals surface area contributed by atoms with E-state index in [9.17, 15) is 13.2 Å². The molecule has 7 nitrogen and oxygen atoms in total. The van der Waals surface area contributed by atoms with Crippen molar-refractivity contribution in [3.05, 3.63) is 29.8 Å². The number of amides is 1. The van der Waals surface area contributed by atoms with Crippen molar-refractivity contribution in [2.45, 2.75) is 56.8 Å². The maximum atomic E-state index is 12.6. The molecule has 1 amide bonds. The first-order chi connectivity index (χ1) is 11.6. The van der Waals surface area contributed by atoms with E-state index in [2.05, 4.69) is 15.4 Å². The predicted molar refractivity (Wildman–Crippen MR) is 103 cm³/mol. The summed E-state index contributed by atoms with van der Waals surface area (Å²) in [6, 6.07) is 6.22. The standard InChI is InChI=1S/C17H27N3O4S.ClH/c1-12-15(18-9-10-24-12)16(21)19-11-13-7-5-6-8-14(13)25(22,23)20-17(2,3)4;/h5-8,12,15,18,20H,9-11H2,1-4H3,(H,19,21);1H/t12-,15+;/m1./s1. The van der Waals surface area contributed by atoms with E-state index in [-0.39, 0.29) is 35.9 Å². The van der Waals surface area contributed by atoms with Gasteiger partial charge in [0.25, 0.3) is 0 Å². The van der Waals surface area contributed by atoms with Gasteiger partial charge in [0.15, 0.2) is 0 Å². The van der Waals surface area contributed by atoms with Crippen LogP contribution in [0.2, 0.25) is 0 Å². The molecule has 0 unspecified atom stereocenters. The predicted octanol–water partition coefficient (Wildman–Crippen LogP) is 1.18. The van der Waals surface area contributed by atoms with Gasteiger partial charge >= 0.3 is 0 Å². The lowest BCUT2D eigenvalue weighted by molar-refractivity contribution is -0.129. The summed E-state index contributed by atoms with van der Waals surface area (Å²) in [6.45, 7) is 8.50. The largest absolute Gasteiger partial charge is 0.375 e. The zero-order valence-electron chi connectivity index (χ0n) is 15.5. The Morgan fingerprint density at radius 3 is 2.58 bits per heavy atom. The molecule has 1 aliphatic rings. The molecule has 1 fully saturated rings. The highest BCUT2D eigenvalue weighted by atomic mass is 35.5. The van der Waals surface area contributed by atoms with Crippen LogP contribution in [-0.2, 0) is 26.1 Å². The molecule has 1 saturated heterocycles. The summed E-state index contributed by atoms with van der Waals surface area (Å²) in [5.41, 5.74) is -0.0504. The SMILES string of the molecule is C[C@H]1OCCN[C@@H]1C(=O)NCc1ccccc1S(=O)(=O)NC(C)(C)C.Cl. The van der Waals surface area contributed by atoms with Crippen LogP contribution in [0.25, 0.3) is 0 Å². The van der Waals surface area contributed by atoms with E-state index in [1.165, 1.54) is 0 Å². The molecule has 1 heterocycles. The first kappa shape index (κ1) is 22.9. The van der Waals surface area contributed by atoms with Crippen LogP contribution < -0.4 is 15.4 Å². The highest BCUT2D eigenvalue weighted by Gasteiger charge is 2.29. The van der Waals surface area contributed by atoms with E-state index in [0.29, 0.717) is 18.7 Å². The Labute approximate surface area is 161 Å². The minimum atomic E-state index is -3.67. The molecule has 0 bridgehead atoms. The molecular weight excluding hydrogens is 378 g/mol. The van der Waals surface area contributed by atoms with E-state index in [1.807, 2.05) is 6.92 Å². The van der Waals surface area contributed by atoms with Gasteiger partial charge in [-0.05, 0) is 39.3 Å². The van der Waals surface area contributed by atoms with Crippen molar-refractivity contribution in [1.82, 2.24) is 15.4 Å². The third-order valence-corrected chi connectivity index (χ3v) is 5.61. The maximum absolute atomic E-state index is 12.6. The summed E-state index contributed by atoms with van der Waals surface area (Å²) < 4.78 is 33.3. The number of hydrogen-bond donors (Lipinski definition) is 3. The van der Waals surface area contributed by atoms with Crippen LogP contribution in [0.1, 0.15) is 33.3 Å². The van der Waals surface area contributed by atoms with Gasteiger partial charge in [-0.1, -0.05) is 18.2 Å². The van der Waals surface area contributed by atoms with Crippen LogP contribution in [0, 0.1) is 0 Å². The molecule has 148 valence electrons. The van der Waals surface area contributed by atoms with Crippen molar-refractivity contribution in [1.29, 1.82) is 0 Å². The van der Waals surface area contributed by atoms with Gasteiger partial charge in [0.2, 0.25) is 15.9 Å². The van der Waals surface area contributed by atoms with Crippen LogP contribution in [0.3, 0.4) is 0 Å². The number of carbonyl (C=O) groups is 1. The van der Waals surface area contributed by atoms with Gasteiger partial charge < -0.3 is 15.4 Å². The van der Waals surface area contributed by atoms with Gasteiger partial charge in [0.05, 0.1) is 17.6 Å². The zero-order chi connectivity index (χ0) is 18.7. The summed E-state index contributed by atoms with van der Waals surface area (Å²) in [6.07, 6.45) is -0.227. The van der Waals surface area contributed by atoms with Crippen LogP contribution in [-0.4, -0.2) is 45.2 Å². The minimum Gasteiger partial charge on any atom is -0.375 e. The van der Waals surface area contributed by atoms with Crippen molar-refractivity contribution >= 4 is 28.3 Å². The fourth-order valence-electron chi connectivity index (χ4n) is 2.69. The highest BCUT2D eigenvalue weighted by molar-refractivity contribution is 7.89. The van der Waals surface area contributed by atoms with Crippen molar-refractivity contribution in [2.24, 2.45) is 0 Å². The van der Waals surface area contributed by atoms with E-state index >= 15 is 0 Å². The van der Waals surface area contributed by atoms with E-state index in [1.54, 1.807) is 45.0 Å². The molecule has 1 aromatic carbocycles. The van der Waals surface area contributed by atoms with Crippen molar-refractivity contribution in [2.75, 3.05) is 13.2 Å². The normalized spacial score (nSPS) is 20.9. The number of benzene rings is 1. The van der Waals surface area contributed by atoms with E-state index in [0.717, 1.165) is 0 Å². The average molecular weight is 406 g/mol. The van der Waals surface area contributed by atoms with Crippen molar-refractivity contribution < 1.29 is 17.9 Å². The molecule has 0 saturated carbocycles. The Balaban J connectivity index is 0.00000338. The molecule has 0 spiro atoms. The molecule has 0 aromatic heterocycles. The van der Waals surface area contributed by atoms with Gasteiger partial charge in [0, 0.05) is 18.6 Å². The molecule has 3 N–H and O–H groups in total. The number of ether oxygens (including phenoxy) is 1. The molecule has 2 rings (SSSR count). The number of carbonyl (C=O) groups excluding carboxylic acids is 1. The Bertz CT molecular complexity index is 719. The molecule has 2 atom stereocenters. The molecule has 9 heteroatoms. The van der Waals surface area contributed by atoms with Gasteiger partial charge in [0.1, 0.15) is 6.04 Å². The van der Waals surface area contributed by atoms with E-state index in [4.69, 9.17) is 4.74 Å². The Morgan fingerprint density at radius 2 is 1.96 bits per heavy atom. The maximum Gasteiger partial charge on any atom is 0.241 e. The summed E-state index contributed by atoms with van der Waals surface area (Å²) in [4.78, 5) is 12.5. The second kappa shape index (κ2) is 9.14. The summed E-state index contributed by atoms with van der Waals surface area (Å²) in [5, 5.41) is 5.91. The van der Waals surface area contributed by atoms with Gasteiger partial charge in [-0.25, -0.2) is 13.1 Å². The summed E-state index contributed by atoms with van der Waals surface area (Å²) in [5.74, 6) is -0.205. The monoisotopic (exact) mass is 405 g/mol. The third kappa shape index (κ3) is 6.21. The molecular formula is C17H28ClN3O4S. The first-order valence-electron chi connectivity index (χ1n) is 8.35. The Hall–Kier alpha value is -1.19. The van der Waals surface area contributed by atoms with Crippen molar-refractivity contribution in [3.63, 3.8) is 0 Å². The van der Waals surface area contributed by atoms with E-state index < -0.39 is 21.6 Å². The minimum absolute atomic E-state index is 0. The van der Waals surface area contributed by atoms with Gasteiger partial charge in [-0.15, -0.1) is 12.4 Å². The number of rotatable bonds is 5. The number of hydrogen-bond acceptors (Lipinski definition) is 5. The highest BCUT2D eigenvalue weighted by Crippen LogP contribution is 2.18. The lowest BCUT2D eigenvalue weighted by Crippen LogP contribution is -2.55. The number of sulfonamides is 1. The average Bonchev–Trinajstić information content (AvgIpc) is 2.51. The van der Waals surface area contributed by atoms with Crippen molar-refractivity contribution in [3.8, 4) is 0 Å². The second-order valence-electron chi connectivity index (χ2n) is 7.19. The summed E-state index contributed by atoms with van der Waals surface area (Å²) >= 11 is 0. The van der Waals surface area contributed by atoms with Crippen LogP contribution in [0.4, 0.5) is 0 Å². The smallest absolute Gasteiger partial charge is 0.241 e. The van der Waals surface area contributed by atoms with Gasteiger partial charge in [-0.3, -0.25) is 4.79 Å². The quantitative estimate of drug-likeness (QED) is 0.683. The number of morpholine rings is 1. The molecule has 0 radical (unpaired) electrons. The fourth-order valence-corrected chi connectivity index (χ4v) is 4.35. The topological polar surface area (TPSA) is 96.5 Å². The first-order valence-corrected chi connectivity index (χ1v) is 9.83. The Kier molecular flexibility index (Phi) is 8.04. The van der Waals surface area contributed by atoms with Gasteiger partial charge in [-0.2, -0.15) is 0 Å². The lowest BCUT2D eigenvalue weighted by atomic mass is 10.1. The van der Waals surface area contributed by atoms with Crippen LogP contribution >= 0.6 is 12.4 Å². The summed E-state index contributed by atoms with van der Waals surface area (Å²) in [7, 11) is -3.67. The Morgan fingerprint density at radius 1 is 1.31 bits per heavy atom. The number of nitrogens with one attached hydrogen (secondary N) is 3.